The molecule has 0 aliphatic heterocycles. The summed E-state index contributed by atoms with van der Waals surface area (Å²) in [5.74, 6) is -0.357. The van der Waals surface area contributed by atoms with E-state index in [1.165, 1.54) is 11.1 Å². The van der Waals surface area contributed by atoms with Gasteiger partial charge in [0.15, 0.2) is 0 Å². The predicted octanol–water partition coefficient (Wildman–Crippen LogP) is 1.20. The van der Waals surface area contributed by atoms with E-state index >= 15 is 0 Å². The summed E-state index contributed by atoms with van der Waals surface area (Å²) in [6.45, 7) is 0.397. The molecule has 0 saturated heterocycles. The third kappa shape index (κ3) is 3.88. The Hall–Kier alpha value is -2.70. The molecule has 0 aliphatic rings. The van der Waals surface area contributed by atoms with Gasteiger partial charge in [-0.25, -0.2) is 9.97 Å². The number of carboxylic acid groups (broad SMARTS) is 1. The summed E-state index contributed by atoms with van der Waals surface area (Å²) in [5.41, 5.74) is 0.469. The Balaban J connectivity index is 1.97. The lowest BCUT2D eigenvalue weighted by Crippen LogP contribution is -2.28. The number of hydrogen-bond donors (Lipinski definition) is 1. The molecule has 7 nitrogen and oxygen atoms in total. The van der Waals surface area contributed by atoms with Crippen molar-refractivity contribution in [2.24, 2.45) is 0 Å². The van der Waals surface area contributed by atoms with Crippen LogP contribution in [0.2, 0.25) is 0 Å². The van der Waals surface area contributed by atoms with Crippen LogP contribution in [0.25, 0.3) is 5.82 Å². The van der Waals surface area contributed by atoms with Crippen molar-refractivity contribution < 1.29 is 14.7 Å². The molecular formula is C14H16N4O3. The highest BCUT2D eigenvalue weighted by Crippen LogP contribution is 2.08. The topological polar surface area (TPSA) is 88.3 Å². The number of carbonyl (C=O) groups excluding carboxylic acids is 1. The normalized spacial score (nSPS) is 10.3. The van der Waals surface area contributed by atoms with Crippen molar-refractivity contribution in [3.05, 3.63) is 42.6 Å². The van der Waals surface area contributed by atoms with E-state index in [-0.39, 0.29) is 12.3 Å². The van der Waals surface area contributed by atoms with Crippen molar-refractivity contribution in [1.82, 2.24) is 19.4 Å². The summed E-state index contributed by atoms with van der Waals surface area (Å²) >= 11 is 0. The van der Waals surface area contributed by atoms with Crippen LogP contribution in [-0.4, -0.2) is 50.0 Å². The lowest BCUT2D eigenvalue weighted by molar-refractivity contribution is -0.137. The number of rotatable bonds is 6. The Morgan fingerprint density at radius 2 is 2.19 bits per heavy atom. The van der Waals surface area contributed by atoms with Gasteiger partial charge in [0.2, 0.25) is 0 Å². The minimum atomic E-state index is -0.859. The highest BCUT2D eigenvalue weighted by Gasteiger charge is 2.12. The number of pyridine rings is 1. The van der Waals surface area contributed by atoms with Crippen molar-refractivity contribution in [3.63, 3.8) is 0 Å². The van der Waals surface area contributed by atoms with Crippen molar-refractivity contribution in [3.8, 4) is 5.82 Å². The standard InChI is InChI=1S/C14H16N4O3/c1-17(7-2-3-13(19)20)14(21)11-4-5-12(16-9-11)18-8-6-15-10-18/h4-6,8-10H,2-3,7H2,1H3,(H,19,20). The van der Waals surface area contributed by atoms with Crippen LogP contribution in [0.1, 0.15) is 23.2 Å². The Morgan fingerprint density at radius 1 is 1.38 bits per heavy atom. The Morgan fingerprint density at radius 3 is 2.76 bits per heavy atom. The van der Waals surface area contributed by atoms with Crippen LogP contribution in [0, 0.1) is 0 Å². The number of aliphatic carboxylic acids is 1. The number of aromatic nitrogens is 3. The Bertz CT molecular complexity index is 608. The summed E-state index contributed by atoms with van der Waals surface area (Å²) in [6.07, 6.45) is 7.03. The minimum Gasteiger partial charge on any atom is -0.481 e. The van der Waals surface area contributed by atoms with Crippen LogP contribution in [0.15, 0.2) is 37.1 Å². The van der Waals surface area contributed by atoms with Crippen molar-refractivity contribution in [2.45, 2.75) is 12.8 Å². The van der Waals surface area contributed by atoms with Gasteiger partial charge in [0, 0.05) is 38.6 Å². The van der Waals surface area contributed by atoms with Gasteiger partial charge in [-0.2, -0.15) is 0 Å². The molecule has 0 aromatic carbocycles. The van der Waals surface area contributed by atoms with E-state index in [0.29, 0.717) is 24.3 Å². The van der Waals surface area contributed by atoms with Gasteiger partial charge >= 0.3 is 5.97 Å². The predicted molar refractivity (Wildman–Crippen MR) is 75.2 cm³/mol. The third-order valence-corrected chi connectivity index (χ3v) is 2.99. The van der Waals surface area contributed by atoms with Crippen LogP contribution in [0.3, 0.4) is 0 Å². The van der Waals surface area contributed by atoms with Crippen LogP contribution >= 0.6 is 0 Å². The van der Waals surface area contributed by atoms with E-state index in [0.717, 1.165) is 0 Å². The molecule has 1 amide bonds. The van der Waals surface area contributed by atoms with Gasteiger partial charge in [0.25, 0.3) is 5.91 Å². The Kier molecular flexibility index (Phi) is 4.65. The quantitative estimate of drug-likeness (QED) is 0.863. The van der Waals surface area contributed by atoms with E-state index < -0.39 is 5.97 Å². The molecule has 1 N–H and O–H groups in total. The number of amides is 1. The van der Waals surface area contributed by atoms with Gasteiger partial charge in [-0.15, -0.1) is 0 Å². The summed E-state index contributed by atoms with van der Waals surface area (Å²) < 4.78 is 1.74. The first-order valence-electron chi connectivity index (χ1n) is 6.49. The summed E-state index contributed by atoms with van der Waals surface area (Å²) in [4.78, 5) is 32.2. The lowest BCUT2D eigenvalue weighted by Gasteiger charge is -2.16. The molecular weight excluding hydrogens is 272 g/mol. The molecule has 0 radical (unpaired) electrons. The fourth-order valence-electron chi connectivity index (χ4n) is 1.85. The van der Waals surface area contributed by atoms with Crippen molar-refractivity contribution in [2.75, 3.05) is 13.6 Å². The molecule has 0 unspecified atom stereocenters. The lowest BCUT2D eigenvalue weighted by atomic mass is 10.2. The number of nitrogens with zero attached hydrogens (tertiary/aromatic N) is 4. The van der Waals surface area contributed by atoms with E-state index in [2.05, 4.69) is 9.97 Å². The maximum atomic E-state index is 12.1. The summed E-state index contributed by atoms with van der Waals surface area (Å²) in [5, 5.41) is 8.58. The van der Waals surface area contributed by atoms with Gasteiger partial charge < -0.3 is 10.0 Å². The zero-order chi connectivity index (χ0) is 15.2. The molecule has 21 heavy (non-hydrogen) atoms. The molecule has 2 aromatic rings. The van der Waals surface area contributed by atoms with Crippen molar-refractivity contribution >= 4 is 11.9 Å². The van der Waals surface area contributed by atoms with Crippen LogP contribution in [0.5, 0.6) is 0 Å². The fourth-order valence-corrected chi connectivity index (χ4v) is 1.85. The highest BCUT2D eigenvalue weighted by molar-refractivity contribution is 5.93. The zero-order valence-corrected chi connectivity index (χ0v) is 11.6. The van der Waals surface area contributed by atoms with E-state index in [1.54, 1.807) is 42.5 Å². The molecule has 0 fully saturated rings. The summed E-state index contributed by atoms with van der Waals surface area (Å²) in [7, 11) is 1.65. The molecule has 2 heterocycles. The molecule has 2 aromatic heterocycles. The fraction of sp³-hybridized carbons (Fsp3) is 0.286. The second-order valence-corrected chi connectivity index (χ2v) is 4.60. The molecule has 0 atom stereocenters. The first kappa shape index (κ1) is 14.7. The SMILES string of the molecule is CN(CCCC(=O)O)C(=O)c1ccc(-n2ccnc2)nc1. The zero-order valence-electron chi connectivity index (χ0n) is 11.6. The van der Waals surface area contributed by atoms with E-state index in [1.807, 2.05) is 0 Å². The average Bonchev–Trinajstić information content (AvgIpc) is 3.00. The van der Waals surface area contributed by atoms with Crippen molar-refractivity contribution in [1.29, 1.82) is 0 Å². The number of imidazole rings is 1. The van der Waals surface area contributed by atoms with Gasteiger partial charge in [0.05, 0.1) is 5.56 Å². The highest BCUT2D eigenvalue weighted by atomic mass is 16.4. The van der Waals surface area contributed by atoms with E-state index in [4.69, 9.17) is 5.11 Å². The number of carbonyl (C=O) groups is 2. The largest absolute Gasteiger partial charge is 0.481 e. The van der Waals surface area contributed by atoms with Gasteiger partial charge in [-0.05, 0) is 18.6 Å². The maximum absolute atomic E-state index is 12.1. The summed E-state index contributed by atoms with van der Waals surface area (Å²) in [6, 6.07) is 3.43. The first-order chi connectivity index (χ1) is 10.1. The first-order valence-corrected chi connectivity index (χ1v) is 6.49. The molecule has 0 aliphatic carbocycles. The second-order valence-electron chi connectivity index (χ2n) is 4.60. The van der Waals surface area contributed by atoms with Gasteiger partial charge in [-0.3, -0.25) is 14.2 Å². The van der Waals surface area contributed by atoms with Crippen LogP contribution in [-0.2, 0) is 4.79 Å². The molecule has 2 rings (SSSR count). The average molecular weight is 288 g/mol. The second kappa shape index (κ2) is 6.65. The molecule has 0 saturated carbocycles. The monoisotopic (exact) mass is 288 g/mol. The maximum Gasteiger partial charge on any atom is 0.303 e. The Labute approximate surface area is 121 Å². The molecule has 0 bridgehead atoms. The molecule has 110 valence electrons. The van der Waals surface area contributed by atoms with Crippen LogP contribution in [0.4, 0.5) is 0 Å². The van der Waals surface area contributed by atoms with Crippen LogP contribution < -0.4 is 0 Å². The van der Waals surface area contributed by atoms with Gasteiger partial charge in [-0.1, -0.05) is 0 Å². The smallest absolute Gasteiger partial charge is 0.303 e. The molecule has 7 heteroatoms. The number of carboxylic acids is 1. The van der Waals surface area contributed by atoms with Gasteiger partial charge in [0.1, 0.15) is 12.1 Å². The number of hydrogen-bond acceptors (Lipinski definition) is 4. The van der Waals surface area contributed by atoms with E-state index in [9.17, 15) is 9.59 Å². The third-order valence-electron chi connectivity index (χ3n) is 2.99. The molecule has 0 spiro atoms. The minimum absolute atomic E-state index is 0.0510.